The van der Waals surface area contributed by atoms with Gasteiger partial charge in [0.25, 0.3) is 0 Å². The van der Waals surface area contributed by atoms with Gasteiger partial charge < -0.3 is 4.74 Å². The quantitative estimate of drug-likeness (QED) is 0.800. The minimum absolute atomic E-state index is 0.327. The number of ether oxygens (including phenoxy) is 1. The van der Waals surface area contributed by atoms with Gasteiger partial charge in [-0.05, 0) is 11.6 Å². The summed E-state index contributed by atoms with van der Waals surface area (Å²) in [7, 11) is 1.36. The monoisotopic (exact) mass is 235 g/mol. The van der Waals surface area contributed by atoms with Crippen LogP contribution in [0.15, 0.2) is 36.4 Å². The number of para-hydroxylation sites is 1. The highest BCUT2D eigenvalue weighted by Crippen LogP contribution is 2.38. The van der Waals surface area contributed by atoms with Gasteiger partial charge in [0.05, 0.1) is 12.4 Å². The molecule has 2 rings (SSSR count). The van der Waals surface area contributed by atoms with Crippen molar-refractivity contribution in [3.8, 4) is 0 Å². The number of benzene rings is 1. The second-order valence-corrected chi connectivity index (χ2v) is 4.56. The summed E-state index contributed by atoms with van der Waals surface area (Å²) < 4.78 is 4.60. The molecule has 0 bridgehead atoms. The molecular formula is C12H13NO2S. The summed E-state index contributed by atoms with van der Waals surface area (Å²) in [5.41, 5.74) is 1.94. The number of anilines is 1. The number of carbonyl (C=O) groups is 1. The van der Waals surface area contributed by atoms with Crippen LogP contribution in [0.4, 0.5) is 10.5 Å². The molecule has 0 aromatic heterocycles. The second kappa shape index (κ2) is 5.07. The Kier molecular flexibility index (Phi) is 3.51. The van der Waals surface area contributed by atoms with Crippen LogP contribution in [-0.4, -0.2) is 19.0 Å². The summed E-state index contributed by atoms with van der Waals surface area (Å²) in [6.07, 6.45) is 3.87. The summed E-state index contributed by atoms with van der Waals surface area (Å²) in [5, 5.41) is 3.06. The smallest absolute Gasteiger partial charge is 0.411 e. The first-order valence-corrected chi connectivity index (χ1v) is 6.08. The zero-order valence-corrected chi connectivity index (χ0v) is 9.79. The molecule has 1 unspecified atom stereocenters. The van der Waals surface area contributed by atoms with Gasteiger partial charge in [-0.25, -0.2) is 4.79 Å². The van der Waals surface area contributed by atoms with Crippen molar-refractivity contribution in [3.05, 3.63) is 42.0 Å². The van der Waals surface area contributed by atoms with Crippen LogP contribution < -0.4 is 5.32 Å². The number of thioether (sulfide) groups is 1. The topological polar surface area (TPSA) is 38.3 Å². The number of hydrogen-bond donors (Lipinski definition) is 1. The molecule has 4 heteroatoms. The summed E-state index contributed by atoms with van der Waals surface area (Å²) >= 11 is 1.84. The van der Waals surface area contributed by atoms with Crippen molar-refractivity contribution < 1.29 is 9.53 Å². The molecule has 16 heavy (non-hydrogen) atoms. The Morgan fingerprint density at radius 3 is 3.00 bits per heavy atom. The van der Waals surface area contributed by atoms with E-state index in [1.165, 1.54) is 7.11 Å². The molecule has 1 heterocycles. The van der Waals surface area contributed by atoms with E-state index in [0.717, 1.165) is 17.0 Å². The van der Waals surface area contributed by atoms with Gasteiger partial charge in [0, 0.05) is 11.4 Å². The Morgan fingerprint density at radius 2 is 2.31 bits per heavy atom. The van der Waals surface area contributed by atoms with Crippen molar-refractivity contribution in [2.45, 2.75) is 5.25 Å². The van der Waals surface area contributed by atoms with Crippen molar-refractivity contribution in [3.63, 3.8) is 0 Å². The zero-order valence-electron chi connectivity index (χ0n) is 8.97. The summed E-state index contributed by atoms with van der Waals surface area (Å²) in [6, 6.07) is 7.79. The predicted molar refractivity (Wildman–Crippen MR) is 66.8 cm³/mol. The number of rotatable bonds is 2. The third-order valence-corrected chi connectivity index (χ3v) is 3.53. The molecule has 0 saturated heterocycles. The number of amides is 1. The maximum atomic E-state index is 11.2. The largest absolute Gasteiger partial charge is 0.453 e. The molecule has 0 radical (unpaired) electrons. The third-order valence-electron chi connectivity index (χ3n) is 2.37. The highest BCUT2D eigenvalue weighted by molar-refractivity contribution is 8.00. The van der Waals surface area contributed by atoms with E-state index in [2.05, 4.69) is 22.2 Å². The zero-order chi connectivity index (χ0) is 11.4. The molecule has 0 fully saturated rings. The van der Waals surface area contributed by atoms with Crippen molar-refractivity contribution in [1.82, 2.24) is 0 Å². The van der Waals surface area contributed by atoms with Crippen LogP contribution in [0, 0.1) is 0 Å². The predicted octanol–water partition coefficient (Wildman–Crippen LogP) is 3.21. The van der Waals surface area contributed by atoms with E-state index < -0.39 is 6.09 Å². The van der Waals surface area contributed by atoms with Gasteiger partial charge in [-0.1, -0.05) is 30.4 Å². The molecule has 3 nitrogen and oxygen atoms in total. The van der Waals surface area contributed by atoms with Gasteiger partial charge in [0.2, 0.25) is 0 Å². The highest BCUT2D eigenvalue weighted by Gasteiger charge is 2.16. The maximum Gasteiger partial charge on any atom is 0.411 e. The lowest BCUT2D eigenvalue weighted by Gasteiger charge is -2.13. The number of hydrogen-bond acceptors (Lipinski definition) is 3. The Labute approximate surface area is 98.9 Å². The molecule has 1 amide bonds. The van der Waals surface area contributed by atoms with E-state index in [4.69, 9.17) is 0 Å². The maximum absolute atomic E-state index is 11.2. The lowest BCUT2D eigenvalue weighted by Crippen LogP contribution is -2.12. The number of nitrogens with one attached hydrogen (secondary N) is 1. The first kappa shape index (κ1) is 11.1. The first-order valence-electron chi connectivity index (χ1n) is 5.03. The SMILES string of the molecule is COC(=O)Nc1ccccc1C1C=CCS1. The summed E-state index contributed by atoms with van der Waals surface area (Å²) in [4.78, 5) is 11.2. The molecule has 0 saturated carbocycles. The van der Waals surface area contributed by atoms with E-state index in [-0.39, 0.29) is 0 Å². The molecular weight excluding hydrogens is 222 g/mol. The summed E-state index contributed by atoms with van der Waals surface area (Å²) in [6.45, 7) is 0. The minimum atomic E-state index is -0.431. The normalized spacial score (nSPS) is 18.4. The molecule has 0 spiro atoms. The molecule has 84 valence electrons. The van der Waals surface area contributed by atoms with Gasteiger partial charge >= 0.3 is 6.09 Å². The lowest BCUT2D eigenvalue weighted by molar-refractivity contribution is 0.187. The average molecular weight is 235 g/mol. The molecule has 1 aromatic rings. The lowest BCUT2D eigenvalue weighted by atomic mass is 10.1. The van der Waals surface area contributed by atoms with Gasteiger partial charge in [0.15, 0.2) is 0 Å². The first-order chi connectivity index (χ1) is 7.81. The fraction of sp³-hybridized carbons (Fsp3) is 0.250. The van der Waals surface area contributed by atoms with E-state index in [1.54, 1.807) is 0 Å². The highest BCUT2D eigenvalue weighted by atomic mass is 32.2. The van der Waals surface area contributed by atoms with Crippen LogP contribution in [0.2, 0.25) is 0 Å². The van der Waals surface area contributed by atoms with Crippen molar-refractivity contribution in [2.75, 3.05) is 18.2 Å². The van der Waals surface area contributed by atoms with Gasteiger partial charge in [-0.3, -0.25) is 5.32 Å². The second-order valence-electron chi connectivity index (χ2n) is 3.39. The van der Waals surface area contributed by atoms with Gasteiger partial charge in [0.1, 0.15) is 0 Å². The summed E-state index contributed by atoms with van der Waals surface area (Å²) in [5.74, 6) is 1.03. The van der Waals surface area contributed by atoms with E-state index >= 15 is 0 Å². The van der Waals surface area contributed by atoms with Gasteiger partial charge in [-0.2, -0.15) is 0 Å². The Bertz CT molecular complexity index is 417. The molecule has 1 atom stereocenters. The van der Waals surface area contributed by atoms with Crippen LogP contribution in [0.5, 0.6) is 0 Å². The van der Waals surface area contributed by atoms with Crippen molar-refractivity contribution in [1.29, 1.82) is 0 Å². The van der Waals surface area contributed by atoms with Crippen LogP contribution in [0.1, 0.15) is 10.8 Å². The number of carbonyl (C=O) groups excluding carboxylic acids is 1. The van der Waals surface area contributed by atoms with Crippen LogP contribution in [-0.2, 0) is 4.74 Å². The molecule has 1 aliphatic heterocycles. The Balaban J connectivity index is 2.23. The van der Waals surface area contributed by atoms with E-state index in [9.17, 15) is 4.79 Å². The molecule has 1 aliphatic rings. The molecule has 0 aliphatic carbocycles. The molecule has 1 N–H and O–H groups in total. The number of methoxy groups -OCH3 is 1. The fourth-order valence-electron chi connectivity index (χ4n) is 1.61. The Morgan fingerprint density at radius 1 is 1.50 bits per heavy atom. The van der Waals surface area contributed by atoms with E-state index in [0.29, 0.717) is 5.25 Å². The van der Waals surface area contributed by atoms with Crippen molar-refractivity contribution >= 4 is 23.5 Å². The average Bonchev–Trinajstić information content (AvgIpc) is 2.83. The van der Waals surface area contributed by atoms with Crippen LogP contribution in [0.3, 0.4) is 0 Å². The fourth-order valence-corrected chi connectivity index (χ4v) is 2.64. The Hall–Kier alpha value is -1.42. The molecule has 1 aromatic carbocycles. The van der Waals surface area contributed by atoms with Gasteiger partial charge in [-0.15, -0.1) is 11.8 Å². The minimum Gasteiger partial charge on any atom is -0.453 e. The van der Waals surface area contributed by atoms with Crippen molar-refractivity contribution in [2.24, 2.45) is 0 Å². The standard InChI is InChI=1S/C12H13NO2S/c1-15-12(14)13-10-6-3-2-5-9(10)11-7-4-8-16-11/h2-7,11H,8H2,1H3,(H,13,14). The van der Waals surface area contributed by atoms with Crippen LogP contribution >= 0.6 is 11.8 Å². The third kappa shape index (κ3) is 2.39. The van der Waals surface area contributed by atoms with E-state index in [1.807, 2.05) is 36.0 Å². The van der Waals surface area contributed by atoms with Crippen LogP contribution in [0.25, 0.3) is 0 Å².